The van der Waals surface area contributed by atoms with Gasteiger partial charge in [-0.25, -0.2) is 9.63 Å². The van der Waals surface area contributed by atoms with Crippen LogP contribution in [0.25, 0.3) is 0 Å². The highest BCUT2D eigenvalue weighted by molar-refractivity contribution is 7.86. The summed E-state index contributed by atoms with van der Waals surface area (Å²) in [5, 5.41) is 1.61. The van der Waals surface area contributed by atoms with E-state index in [2.05, 4.69) is 10.3 Å². The summed E-state index contributed by atoms with van der Waals surface area (Å²) >= 11 is 0. The van der Waals surface area contributed by atoms with Gasteiger partial charge in [0.1, 0.15) is 11.0 Å². The van der Waals surface area contributed by atoms with Crippen molar-refractivity contribution in [1.82, 2.24) is 10.3 Å². The summed E-state index contributed by atoms with van der Waals surface area (Å²) in [5.41, 5.74) is 2.70. The molecule has 0 amide bonds. The van der Waals surface area contributed by atoms with Gasteiger partial charge in [-0.15, -0.1) is 0 Å². The van der Waals surface area contributed by atoms with E-state index in [1.54, 1.807) is 5.41 Å². The van der Waals surface area contributed by atoms with Gasteiger partial charge in [0.05, 0.1) is 0 Å². The minimum atomic E-state index is -0.982. The molecule has 0 saturated carbocycles. The summed E-state index contributed by atoms with van der Waals surface area (Å²) in [6.07, 6.45) is 1.81. The minimum absolute atomic E-state index is 0.756. The monoisotopic (exact) mass is 118 g/mol. The van der Waals surface area contributed by atoms with Gasteiger partial charge in [0, 0.05) is 12.0 Å². The smallest absolute Gasteiger partial charge is 0.131 e. The zero-order valence-corrected chi connectivity index (χ0v) is 4.49. The Morgan fingerprint density at radius 1 is 1.71 bits per heavy atom. The maximum atomic E-state index is 10.3. The van der Waals surface area contributed by atoms with Crippen LogP contribution < -0.4 is 10.3 Å². The van der Waals surface area contributed by atoms with Crippen molar-refractivity contribution in [2.45, 2.75) is 0 Å². The molecule has 0 aromatic rings. The molecule has 0 bridgehead atoms. The molecule has 0 aromatic carbocycles. The molecule has 1 atom stereocenters. The maximum Gasteiger partial charge on any atom is 0.131 e. The van der Waals surface area contributed by atoms with Crippen LogP contribution in [0.4, 0.5) is 0 Å². The third kappa shape index (κ3) is 1.38. The molecule has 1 aliphatic heterocycles. The quantitative estimate of drug-likeness (QED) is 0.440. The van der Waals surface area contributed by atoms with Gasteiger partial charge >= 0.3 is 0 Å². The Morgan fingerprint density at radius 2 is 2.57 bits per heavy atom. The van der Waals surface area contributed by atoms with Crippen LogP contribution in [0, 0.1) is 0 Å². The van der Waals surface area contributed by atoms with Crippen LogP contribution in [0.3, 0.4) is 0 Å². The molecule has 0 saturated heterocycles. The second kappa shape index (κ2) is 2.20. The second-order valence-electron chi connectivity index (χ2n) is 1.15. The SMILES string of the molecule is O=S1C=CCNN1. The number of hydrogen-bond acceptors (Lipinski definition) is 2. The van der Waals surface area contributed by atoms with Gasteiger partial charge < -0.3 is 0 Å². The van der Waals surface area contributed by atoms with Gasteiger partial charge in [-0.05, 0) is 0 Å². The Hall–Kier alpha value is -0.190. The lowest BCUT2D eigenvalue weighted by Crippen LogP contribution is -2.35. The van der Waals surface area contributed by atoms with Gasteiger partial charge in [-0.3, -0.25) is 0 Å². The van der Waals surface area contributed by atoms with Crippen LogP contribution in [0.1, 0.15) is 0 Å². The van der Waals surface area contributed by atoms with E-state index in [-0.39, 0.29) is 0 Å². The molecule has 1 rings (SSSR count). The highest BCUT2D eigenvalue weighted by Crippen LogP contribution is 1.80. The molecule has 3 nitrogen and oxygen atoms in total. The third-order valence-electron chi connectivity index (χ3n) is 0.612. The molecule has 1 aliphatic rings. The maximum absolute atomic E-state index is 10.3. The van der Waals surface area contributed by atoms with Crippen molar-refractivity contribution in [2.75, 3.05) is 6.54 Å². The lowest BCUT2D eigenvalue weighted by Gasteiger charge is -2.03. The van der Waals surface area contributed by atoms with Crippen molar-refractivity contribution in [3.05, 3.63) is 11.5 Å². The van der Waals surface area contributed by atoms with Gasteiger partial charge in [0.25, 0.3) is 0 Å². The molecule has 0 fully saturated rings. The third-order valence-corrected chi connectivity index (χ3v) is 1.40. The average molecular weight is 118 g/mol. The summed E-state index contributed by atoms with van der Waals surface area (Å²) in [6.45, 7) is 0.756. The summed E-state index contributed by atoms with van der Waals surface area (Å²) in [7, 11) is -0.982. The predicted molar refractivity (Wildman–Crippen MR) is 28.4 cm³/mol. The first kappa shape index (κ1) is 4.96. The number of nitrogens with one attached hydrogen (secondary N) is 2. The van der Waals surface area contributed by atoms with E-state index >= 15 is 0 Å². The Labute approximate surface area is 44.4 Å². The van der Waals surface area contributed by atoms with E-state index in [1.165, 1.54) is 0 Å². The lowest BCUT2D eigenvalue weighted by atomic mass is 10.7. The van der Waals surface area contributed by atoms with Crippen molar-refractivity contribution < 1.29 is 4.21 Å². The van der Waals surface area contributed by atoms with Gasteiger partial charge in [0.2, 0.25) is 0 Å². The first-order valence-corrected chi connectivity index (χ1v) is 3.16. The predicted octanol–water partition coefficient (Wildman–Crippen LogP) is -0.728. The molecule has 0 aliphatic carbocycles. The van der Waals surface area contributed by atoms with Gasteiger partial charge in [0.15, 0.2) is 0 Å². The zero-order chi connectivity index (χ0) is 5.11. The van der Waals surface area contributed by atoms with Crippen molar-refractivity contribution in [2.24, 2.45) is 0 Å². The Kier molecular flexibility index (Phi) is 1.56. The van der Waals surface area contributed by atoms with E-state index < -0.39 is 11.0 Å². The fourth-order valence-corrected chi connectivity index (χ4v) is 0.906. The topological polar surface area (TPSA) is 41.1 Å². The van der Waals surface area contributed by atoms with Crippen molar-refractivity contribution in [3.8, 4) is 0 Å². The van der Waals surface area contributed by atoms with Crippen molar-refractivity contribution in [1.29, 1.82) is 0 Å². The Bertz CT molecular complexity index is 112. The zero-order valence-electron chi connectivity index (χ0n) is 3.68. The molecule has 4 heteroatoms. The summed E-state index contributed by atoms with van der Waals surface area (Å²) in [6, 6.07) is 0. The molecule has 0 radical (unpaired) electrons. The summed E-state index contributed by atoms with van der Waals surface area (Å²) in [5.74, 6) is 0. The molecule has 1 unspecified atom stereocenters. The molecule has 40 valence electrons. The fourth-order valence-electron chi connectivity index (χ4n) is 0.341. The first-order chi connectivity index (χ1) is 3.39. The van der Waals surface area contributed by atoms with E-state index in [0.29, 0.717) is 0 Å². The standard InChI is InChI=1S/C3H6N2OS/c6-7-3-1-2-4-5-7/h1,3-5H,2H2. The fraction of sp³-hybridized carbons (Fsp3) is 0.333. The highest BCUT2D eigenvalue weighted by Gasteiger charge is 1.93. The lowest BCUT2D eigenvalue weighted by molar-refractivity contribution is 0.651. The summed E-state index contributed by atoms with van der Waals surface area (Å²) < 4.78 is 10.3. The highest BCUT2D eigenvalue weighted by atomic mass is 32.2. The van der Waals surface area contributed by atoms with Gasteiger partial charge in [-0.2, -0.15) is 4.83 Å². The van der Waals surface area contributed by atoms with Crippen LogP contribution in [-0.2, 0) is 11.0 Å². The Balaban J connectivity index is 2.51. The van der Waals surface area contributed by atoms with Crippen LogP contribution >= 0.6 is 0 Å². The molecule has 0 aromatic heterocycles. The van der Waals surface area contributed by atoms with E-state index in [0.717, 1.165) is 6.54 Å². The van der Waals surface area contributed by atoms with Gasteiger partial charge in [-0.1, -0.05) is 6.08 Å². The molecule has 7 heavy (non-hydrogen) atoms. The molecule has 1 heterocycles. The van der Waals surface area contributed by atoms with Crippen LogP contribution in [0.2, 0.25) is 0 Å². The van der Waals surface area contributed by atoms with Crippen LogP contribution in [-0.4, -0.2) is 10.8 Å². The Morgan fingerprint density at radius 3 is 2.86 bits per heavy atom. The minimum Gasteiger partial charge on any atom is -0.242 e. The van der Waals surface area contributed by atoms with Crippen molar-refractivity contribution in [3.63, 3.8) is 0 Å². The first-order valence-electron chi connectivity index (χ1n) is 1.95. The van der Waals surface area contributed by atoms with E-state index in [9.17, 15) is 4.21 Å². The largest absolute Gasteiger partial charge is 0.242 e. The second-order valence-corrected chi connectivity index (χ2v) is 2.22. The number of hydrazine groups is 1. The molecule has 0 spiro atoms. The molecular formula is C3H6N2OS. The summed E-state index contributed by atoms with van der Waals surface area (Å²) in [4.78, 5) is 2.52. The number of hydrogen-bond donors (Lipinski definition) is 2. The van der Waals surface area contributed by atoms with Crippen LogP contribution in [0.5, 0.6) is 0 Å². The molecular weight excluding hydrogens is 112 g/mol. The van der Waals surface area contributed by atoms with E-state index in [4.69, 9.17) is 0 Å². The normalized spacial score (nSPS) is 30.6. The number of rotatable bonds is 0. The van der Waals surface area contributed by atoms with E-state index in [1.807, 2.05) is 6.08 Å². The average Bonchev–Trinajstić information content (AvgIpc) is 1.69. The van der Waals surface area contributed by atoms with Crippen molar-refractivity contribution >= 4 is 11.0 Å². The molecule has 2 N–H and O–H groups in total. The van der Waals surface area contributed by atoms with Crippen LogP contribution in [0.15, 0.2) is 11.5 Å².